The topological polar surface area (TPSA) is 42.1 Å². The number of aryl methyl sites for hydroxylation is 1. The second kappa shape index (κ2) is 4.41. The van der Waals surface area contributed by atoms with Gasteiger partial charge in [0.2, 0.25) is 5.43 Å². The van der Waals surface area contributed by atoms with E-state index >= 15 is 0 Å². The van der Waals surface area contributed by atoms with Crippen LogP contribution in [-0.2, 0) is 0 Å². The van der Waals surface area contributed by atoms with Gasteiger partial charge >= 0.3 is 0 Å². The first-order valence-electron chi connectivity index (χ1n) is 5.19. The number of halogens is 1. The minimum atomic E-state index is -0.382. The first kappa shape index (κ1) is 11.4. The van der Waals surface area contributed by atoms with Crippen molar-refractivity contribution in [3.63, 3.8) is 0 Å². The van der Waals surface area contributed by atoms with Crippen molar-refractivity contribution in [2.45, 2.75) is 6.92 Å². The fourth-order valence-corrected chi connectivity index (χ4v) is 1.69. The molecule has 0 bridgehead atoms. The van der Waals surface area contributed by atoms with Crippen molar-refractivity contribution in [2.24, 2.45) is 0 Å². The average molecular weight is 233 g/mol. The van der Waals surface area contributed by atoms with Crippen molar-refractivity contribution in [3.05, 3.63) is 52.6 Å². The lowest BCUT2D eigenvalue weighted by molar-refractivity contribution is 0.356. The quantitative estimate of drug-likeness (QED) is 0.828. The average Bonchev–Trinajstić information content (AvgIpc) is 2.28. The number of hydrogen-bond acceptors (Lipinski definition) is 2. The van der Waals surface area contributed by atoms with Crippen LogP contribution in [-0.4, -0.2) is 11.6 Å². The summed E-state index contributed by atoms with van der Waals surface area (Å²) < 4.78 is 18.3. The molecule has 0 radical (unpaired) electrons. The van der Waals surface area contributed by atoms with Crippen molar-refractivity contribution in [2.75, 3.05) is 6.61 Å². The first-order valence-corrected chi connectivity index (χ1v) is 5.19. The van der Waals surface area contributed by atoms with Gasteiger partial charge in [0.05, 0.1) is 11.2 Å². The normalized spacial score (nSPS) is 10.5. The number of H-pyrrole nitrogens is 1. The summed E-state index contributed by atoms with van der Waals surface area (Å²) in [6, 6.07) is 3.99. The van der Waals surface area contributed by atoms with Gasteiger partial charge < -0.3 is 9.72 Å². The van der Waals surface area contributed by atoms with E-state index in [1.165, 1.54) is 18.2 Å². The SMILES string of the molecule is C=CCOc1c(C)[nH]c2cc(F)ccc2c1=O. The summed E-state index contributed by atoms with van der Waals surface area (Å²) in [6.45, 7) is 5.50. The Kier molecular flexibility index (Phi) is 2.95. The number of pyridine rings is 1. The van der Waals surface area contributed by atoms with E-state index in [2.05, 4.69) is 11.6 Å². The smallest absolute Gasteiger partial charge is 0.231 e. The molecule has 1 N–H and O–H groups in total. The Morgan fingerprint density at radius 1 is 1.53 bits per heavy atom. The predicted octanol–water partition coefficient (Wildman–Crippen LogP) is 2.54. The van der Waals surface area contributed by atoms with Crippen molar-refractivity contribution < 1.29 is 9.13 Å². The summed E-state index contributed by atoms with van der Waals surface area (Å²) in [6.07, 6.45) is 1.56. The third-order valence-electron chi connectivity index (χ3n) is 2.44. The molecule has 1 heterocycles. The third kappa shape index (κ3) is 2.06. The van der Waals surface area contributed by atoms with Gasteiger partial charge in [-0.2, -0.15) is 0 Å². The number of aromatic nitrogens is 1. The zero-order valence-electron chi connectivity index (χ0n) is 9.42. The fraction of sp³-hybridized carbons (Fsp3) is 0.154. The summed E-state index contributed by atoms with van der Waals surface area (Å²) in [4.78, 5) is 15.0. The highest BCUT2D eigenvalue weighted by molar-refractivity contribution is 5.80. The second-order valence-electron chi connectivity index (χ2n) is 3.70. The third-order valence-corrected chi connectivity index (χ3v) is 2.44. The number of ether oxygens (including phenoxy) is 1. The highest BCUT2D eigenvalue weighted by Crippen LogP contribution is 2.17. The summed E-state index contributed by atoms with van der Waals surface area (Å²) in [5.41, 5.74) is 0.812. The summed E-state index contributed by atoms with van der Waals surface area (Å²) in [5.74, 6) is -0.128. The van der Waals surface area contributed by atoms with Crippen molar-refractivity contribution in [3.8, 4) is 5.75 Å². The van der Waals surface area contributed by atoms with E-state index in [1.807, 2.05) is 0 Å². The first-order chi connectivity index (χ1) is 8.13. The zero-order valence-corrected chi connectivity index (χ0v) is 9.42. The van der Waals surface area contributed by atoms with Crippen LogP contribution in [0.25, 0.3) is 10.9 Å². The van der Waals surface area contributed by atoms with E-state index in [-0.39, 0.29) is 23.6 Å². The van der Waals surface area contributed by atoms with Crippen molar-refractivity contribution >= 4 is 10.9 Å². The van der Waals surface area contributed by atoms with E-state index in [9.17, 15) is 9.18 Å². The standard InChI is InChI=1S/C13H12FNO2/c1-3-6-17-13-8(2)15-11-7-9(14)4-5-10(11)12(13)16/h3-5,7H,1,6H2,2H3,(H,15,16). The Balaban J connectivity index is 2.67. The number of aromatic amines is 1. The van der Waals surface area contributed by atoms with Gasteiger partial charge in [-0.1, -0.05) is 12.7 Å². The lowest BCUT2D eigenvalue weighted by atomic mass is 10.2. The Bertz CT molecular complexity index is 631. The molecule has 0 fully saturated rings. The van der Waals surface area contributed by atoms with Crippen LogP contribution in [0.1, 0.15) is 5.69 Å². The van der Waals surface area contributed by atoms with Crippen LogP contribution in [0.2, 0.25) is 0 Å². The summed E-state index contributed by atoms with van der Waals surface area (Å²) >= 11 is 0. The van der Waals surface area contributed by atoms with Crippen molar-refractivity contribution in [1.82, 2.24) is 4.98 Å². The molecule has 88 valence electrons. The van der Waals surface area contributed by atoms with E-state index in [0.29, 0.717) is 16.6 Å². The molecule has 17 heavy (non-hydrogen) atoms. The molecule has 0 aliphatic carbocycles. The number of nitrogens with one attached hydrogen (secondary N) is 1. The molecule has 0 atom stereocenters. The van der Waals surface area contributed by atoms with Crippen LogP contribution in [0.3, 0.4) is 0 Å². The Hall–Kier alpha value is -2.10. The van der Waals surface area contributed by atoms with E-state index < -0.39 is 0 Å². The maximum absolute atomic E-state index is 13.0. The molecule has 4 heteroatoms. The molecule has 1 aromatic carbocycles. The molecule has 1 aromatic heterocycles. The molecule has 0 aliphatic rings. The molecule has 2 aromatic rings. The Labute approximate surface area is 97.5 Å². The van der Waals surface area contributed by atoms with Crippen LogP contribution >= 0.6 is 0 Å². The van der Waals surface area contributed by atoms with Gasteiger partial charge in [0.25, 0.3) is 0 Å². The Morgan fingerprint density at radius 3 is 3.00 bits per heavy atom. The molecule has 0 unspecified atom stereocenters. The molecular weight excluding hydrogens is 221 g/mol. The molecule has 0 saturated carbocycles. The largest absolute Gasteiger partial charge is 0.484 e. The molecule has 0 saturated heterocycles. The van der Waals surface area contributed by atoms with Gasteiger partial charge in [0.15, 0.2) is 5.75 Å². The highest BCUT2D eigenvalue weighted by atomic mass is 19.1. The maximum atomic E-state index is 13.0. The molecule has 0 amide bonds. The predicted molar refractivity (Wildman–Crippen MR) is 65.0 cm³/mol. The molecule has 0 aliphatic heterocycles. The van der Waals surface area contributed by atoms with Crippen molar-refractivity contribution in [1.29, 1.82) is 0 Å². The zero-order chi connectivity index (χ0) is 12.4. The van der Waals surface area contributed by atoms with Gasteiger partial charge in [-0.05, 0) is 25.1 Å². The van der Waals surface area contributed by atoms with Gasteiger partial charge in [0.1, 0.15) is 12.4 Å². The van der Waals surface area contributed by atoms with Gasteiger partial charge in [-0.15, -0.1) is 0 Å². The van der Waals surface area contributed by atoms with E-state index in [0.717, 1.165) is 0 Å². The maximum Gasteiger partial charge on any atom is 0.231 e. The fourth-order valence-electron chi connectivity index (χ4n) is 1.69. The minimum absolute atomic E-state index is 0.238. The van der Waals surface area contributed by atoms with Gasteiger partial charge in [-0.3, -0.25) is 4.79 Å². The molecule has 0 spiro atoms. The number of rotatable bonds is 3. The van der Waals surface area contributed by atoms with Crippen LogP contribution in [0.15, 0.2) is 35.6 Å². The molecule has 2 rings (SSSR count). The summed E-state index contributed by atoms with van der Waals surface area (Å²) in [7, 11) is 0. The molecular formula is C13H12FNO2. The Morgan fingerprint density at radius 2 is 2.29 bits per heavy atom. The highest BCUT2D eigenvalue weighted by Gasteiger charge is 2.10. The summed E-state index contributed by atoms with van der Waals surface area (Å²) in [5, 5.41) is 0.413. The van der Waals surface area contributed by atoms with Crippen LogP contribution in [0, 0.1) is 12.7 Å². The van der Waals surface area contributed by atoms with Crippen LogP contribution in [0.4, 0.5) is 4.39 Å². The van der Waals surface area contributed by atoms with E-state index in [1.54, 1.807) is 13.0 Å². The van der Waals surface area contributed by atoms with Gasteiger partial charge in [0, 0.05) is 5.39 Å². The lowest BCUT2D eigenvalue weighted by Gasteiger charge is -2.08. The van der Waals surface area contributed by atoms with Gasteiger partial charge in [-0.25, -0.2) is 4.39 Å². The number of hydrogen-bond donors (Lipinski definition) is 1. The number of fused-ring (bicyclic) bond motifs is 1. The van der Waals surface area contributed by atoms with Crippen LogP contribution < -0.4 is 10.2 Å². The second-order valence-corrected chi connectivity index (χ2v) is 3.70. The molecule has 3 nitrogen and oxygen atoms in total. The van der Waals surface area contributed by atoms with E-state index in [4.69, 9.17) is 4.74 Å². The monoisotopic (exact) mass is 233 g/mol. The minimum Gasteiger partial charge on any atom is -0.484 e. The number of benzene rings is 1. The lowest BCUT2D eigenvalue weighted by Crippen LogP contribution is -2.12. The van der Waals surface area contributed by atoms with Crippen LogP contribution in [0.5, 0.6) is 5.75 Å².